The van der Waals surface area contributed by atoms with Crippen molar-refractivity contribution < 1.29 is 14.3 Å². The second-order valence-electron chi connectivity index (χ2n) is 6.89. The van der Waals surface area contributed by atoms with Gasteiger partial charge in [-0.15, -0.1) is 0 Å². The van der Waals surface area contributed by atoms with Crippen molar-refractivity contribution in [3.05, 3.63) is 23.2 Å². The molecule has 1 atom stereocenters. The lowest BCUT2D eigenvalue weighted by Crippen LogP contribution is -2.47. The van der Waals surface area contributed by atoms with Crippen molar-refractivity contribution in [3.8, 4) is 5.75 Å². The van der Waals surface area contributed by atoms with Crippen molar-refractivity contribution in [1.82, 2.24) is 10.2 Å². The minimum atomic E-state index is -0.192. The second-order valence-corrected chi connectivity index (χ2v) is 7.29. The molecule has 2 aliphatic rings. The van der Waals surface area contributed by atoms with Gasteiger partial charge in [-0.05, 0) is 50.8 Å². The van der Waals surface area contributed by atoms with Crippen molar-refractivity contribution in [2.75, 3.05) is 38.2 Å². The molecular weight excluding hydrogens is 354 g/mol. The summed E-state index contributed by atoms with van der Waals surface area (Å²) in [5.74, 6) is 0.624. The second kappa shape index (κ2) is 9.44. The number of urea groups is 1. The summed E-state index contributed by atoms with van der Waals surface area (Å²) in [7, 11) is 0. The maximum atomic E-state index is 12.2. The van der Waals surface area contributed by atoms with Gasteiger partial charge in [0.2, 0.25) is 0 Å². The predicted octanol–water partition coefficient (Wildman–Crippen LogP) is 3.50. The summed E-state index contributed by atoms with van der Waals surface area (Å²) in [5.41, 5.74) is 0.659. The zero-order chi connectivity index (χ0) is 18.4. The largest absolute Gasteiger partial charge is 0.492 e. The number of rotatable bonds is 6. The van der Waals surface area contributed by atoms with Crippen molar-refractivity contribution in [1.29, 1.82) is 0 Å². The Morgan fingerprint density at radius 3 is 2.81 bits per heavy atom. The van der Waals surface area contributed by atoms with E-state index in [9.17, 15) is 4.79 Å². The molecule has 0 saturated carbocycles. The van der Waals surface area contributed by atoms with Gasteiger partial charge in [0.1, 0.15) is 5.75 Å². The zero-order valence-corrected chi connectivity index (χ0v) is 16.1. The van der Waals surface area contributed by atoms with Crippen LogP contribution in [0.2, 0.25) is 5.02 Å². The Morgan fingerprint density at radius 2 is 2.15 bits per heavy atom. The van der Waals surface area contributed by atoms with Gasteiger partial charge in [-0.2, -0.15) is 0 Å². The molecule has 2 aliphatic heterocycles. The topological polar surface area (TPSA) is 62.8 Å². The summed E-state index contributed by atoms with van der Waals surface area (Å²) in [6.07, 6.45) is 4.67. The van der Waals surface area contributed by atoms with E-state index in [0.717, 1.165) is 39.1 Å². The Morgan fingerprint density at radius 1 is 1.35 bits per heavy atom. The minimum Gasteiger partial charge on any atom is -0.492 e. The molecule has 0 aromatic heterocycles. The molecule has 1 aromatic carbocycles. The molecule has 2 amide bonds. The van der Waals surface area contributed by atoms with Crippen LogP contribution in [0.15, 0.2) is 18.2 Å². The number of piperidine rings is 1. The Balaban J connectivity index is 1.40. The molecule has 0 bridgehead atoms. The van der Waals surface area contributed by atoms with Crippen molar-refractivity contribution in [2.45, 2.75) is 44.8 Å². The molecule has 2 fully saturated rings. The Bertz CT molecular complexity index is 600. The number of nitrogens with one attached hydrogen (secondary N) is 2. The highest BCUT2D eigenvalue weighted by Gasteiger charge is 2.24. The van der Waals surface area contributed by atoms with Crippen LogP contribution in [-0.4, -0.2) is 55.9 Å². The average molecular weight is 382 g/mol. The normalized spacial score (nSPS) is 21.5. The summed E-state index contributed by atoms with van der Waals surface area (Å²) < 4.78 is 11.1. The molecule has 6 nitrogen and oxygen atoms in total. The van der Waals surface area contributed by atoms with Crippen LogP contribution in [0.1, 0.15) is 32.6 Å². The molecule has 7 heteroatoms. The first-order valence-electron chi connectivity index (χ1n) is 9.48. The smallest absolute Gasteiger partial charge is 0.319 e. The van der Waals surface area contributed by atoms with Gasteiger partial charge in [-0.25, -0.2) is 4.79 Å². The maximum absolute atomic E-state index is 12.2. The van der Waals surface area contributed by atoms with Gasteiger partial charge >= 0.3 is 6.03 Å². The first kappa shape index (κ1) is 19.3. The van der Waals surface area contributed by atoms with E-state index in [1.807, 2.05) is 6.92 Å². The number of amides is 2. The van der Waals surface area contributed by atoms with E-state index >= 15 is 0 Å². The lowest BCUT2D eigenvalue weighted by atomic mass is 10.0. The van der Waals surface area contributed by atoms with Crippen LogP contribution in [0.4, 0.5) is 10.5 Å². The van der Waals surface area contributed by atoms with Gasteiger partial charge in [0.15, 0.2) is 0 Å². The van der Waals surface area contributed by atoms with Gasteiger partial charge in [0.25, 0.3) is 0 Å². The van der Waals surface area contributed by atoms with Crippen LogP contribution in [0, 0.1) is 0 Å². The molecule has 2 N–H and O–H groups in total. The number of carbonyl (C=O) groups excluding carboxylic acids is 1. The number of carbonyl (C=O) groups is 1. The SMILES string of the molecule is CCOc1ccc(NC(=O)NC2CCN(CC3CCCO3)CC2)cc1Cl. The van der Waals surface area contributed by atoms with E-state index in [0.29, 0.717) is 29.2 Å². The van der Waals surface area contributed by atoms with Gasteiger partial charge in [0.05, 0.1) is 17.7 Å². The van der Waals surface area contributed by atoms with Crippen LogP contribution in [0.25, 0.3) is 0 Å². The standard InChI is InChI=1S/C19H28ClN3O3/c1-2-25-18-6-5-15(12-17(18)20)22-19(24)21-14-7-9-23(10-8-14)13-16-4-3-11-26-16/h5-6,12,14,16H,2-4,7-11,13H2,1H3,(H2,21,22,24). The lowest BCUT2D eigenvalue weighted by Gasteiger charge is -2.33. The summed E-state index contributed by atoms with van der Waals surface area (Å²) >= 11 is 6.16. The predicted molar refractivity (Wildman–Crippen MR) is 103 cm³/mol. The monoisotopic (exact) mass is 381 g/mol. The molecule has 3 rings (SSSR count). The first-order chi connectivity index (χ1) is 12.6. The van der Waals surface area contributed by atoms with E-state index < -0.39 is 0 Å². The molecule has 1 aromatic rings. The lowest BCUT2D eigenvalue weighted by molar-refractivity contribution is 0.0633. The van der Waals surface area contributed by atoms with E-state index in [2.05, 4.69) is 15.5 Å². The van der Waals surface area contributed by atoms with E-state index in [1.54, 1.807) is 18.2 Å². The molecule has 2 heterocycles. The average Bonchev–Trinajstić information content (AvgIpc) is 3.12. The molecular formula is C19H28ClN3O3. The fourth-order valence-corrected chi connectivity index (χ4v) is 3.78. The molecule has 1 unspecified atom stereocenters. The van der Waals surface area contributed by atoms with Crippen LogP contribution in [0.3, 0.4) is 0 Å². The highest BCUT2D eigenvalue weighted by atomic mass is 35.5. The molecule has 144 valence electrons. The third kappa shape index (κ3) is 5.50. The molecule has 0 spiro atoms. The Labute approximate surface area is 160 Å². The third-order valence-corrected chi connectivity index (χ3v) is 5.19. The van der Waals surface area contributed by atoms with Crippen LogP contribution >= 0.6 is 11.6 Å². The summed E-state index contributed by atoms with van der Waals surface area (Å²) in [5, 5.41) is 6.40. The number of benzene rings is 1. The number of likely N-dealkylation sites (tertiary alicyclic amines) is 1. The number of nitrogens with zero attached hydrogens (tertiary/aromatic N) is 1. The highest BCUT2D eigenvalue weighted by Crippen LogP contribution is 2.27. The van der Waals surface area contributed by atoms with E-state index in [1.165, 1.54) is 12.8 Å². The fourth-order valence-electron chi connectivity index (χ4n) is 3.54. The quantitative estimate of drug-likeness (QED) is 0.791. The summed E-state index contributed by atoms with van der Waals surface area (Å²) in [6.45, 7) is 6.38. The molecule has 0 aliphatic carbocycles. The number of halogens is 1. The number of hydrogen-bond donors (Lipinski definition) is 2. The first-order valence-corrected chi connectivity index (χ1v) is 9.85. The van der Waals surface area contributed by atoms with Crippen molar-refractivity contribution in [3.63, 3.8) is 0 Å². The number of hydrogen-bond acceptors (Lipinski definition) is 4. The summed E-state index contributed by atoms with van der Waals surface area (Å²) in [6, 6.07) is 5.28. The summed E-state index contributed by atoms with van der Waals surface area (Å²) in [4.78, 5) is 14.7. The van der Waals surface area contributed by atoms with Crippen LogP contribution in [0.5, 0.6) is 5.75 Å². The van der Waals surface area contributed by atoms with E-state index in [4.69, 9.17) is 21.1 Å². The third-order valence-electron chi connectivity index (χ3n) is 4.90. The van der Waals surface area contributed by atoms with Gasteiger partial charge in [0, 0.05) is 38.0 Å². The number of ether oxygens (including phenoxy) is 2. The zero-order valence-electron chi connectivity index (χ0n) is 15.3. The molecule has 26 heavy (non-hydrogen) atoms. The van der Waals surface area contributed by atoms with Crippen molar-refractivity contribution >= 4 is 23.3 Å². The van der Waals surface area contributed by atoms with Crippen LogP contribution < -0.4 is 15.4 Å². The van der Waals surface area contributed by atoms with E-state index in [-0.39, 0.29) is 12.1 Å². The molecule has 2 saturated heterocycles. The Kier molecular flexibility index (Phi) is 7.00. The van der Waals surface area contributed by atoms with Gasteiger partial charge in [-0.3, -0.25) is 0 Å². The highest BCUT2D eigenvalue weighted by molar-refractivity contribution is 6.32. The molecule has 0 radical (unpaired) electrons. The minimum absolute atomic E-state index is 0.192. The van der Waals surface area contributed by atoms with Gasteiger partial charge in [-0.1, -0.05) is 11.6 Å². The maximum Gasteiger partial charge on any atom is 0.319 e. The van der Waals surface area contributed by atoms with Crippen LogP contribution in [-0.2, 0) is 4.74 Å². The number of anilines is 1. The van der Waals surface area contributed by atoms with Gasteiger partial charge < -0.3 is 25.0 Å². The van der Waals surface area contributed by atoms with Crippen molar-refractivity contribution in [2.24, 2.45) is 0 Å². The Hall–Kier alpha value is -1.50. The fraction of sp³-hybridized carbons (Fsp3) is 0.632.